The van der Waals surface area contributed by atoms with Crippen LogP contribution >= 0.6 is 15.9 Å². The molecule has 5 nitrogen and oxygen atoms in total. The Morgan fingerprint density at radius 3 is 2.48 bits per heavy atom. The Balaban J connectivity index is 1.40. The molecule has 0 saturated heterocycles. The summed E-state index contributed by atoms with van der Waals surface area (Å²) in [5.41, 5.74) is 2.78. The molecule has 2 amide bonds. The molecule has 0 aliphatic heterocycles. The number of halogens is 1. The van der Waals surface area contributed by atoms with Gasteiger partial charge in [-0.3, -0.25) is 14.6 Å². The summed E-state index contributed by atoms with van der Waals surface area (Å²) in [4.78, 5) is 29.1. The third-order valence-corrected chi connectivity index (χ3v) is 5.64. The van der Waals surface area contributed by atoms with Crippen LogP contribution in [0.2, 0.25) is 0 Å². The van der Waals surface area contributed by atoms with Crippen LogP contribution in [-0.4, -0.2) is 16.8 Å². The molecule has 29 heavy (non-hydrogen) atoms. The smallest absolute Gasteiger partial charge is 0.255 e. The summed E-state index contributed by atoms with van der Waals surface area (Å²) in [6.45, 7) is 0.410. The number of hydrogen-bond donors (Lipinski definition) is 2. The molecule has 2 N–H and O–H groups in total. The van der Waals surface area contributed by atoms with Gasteiger partial charge < -0.3 is 10.6 Å². The minimum absolute atomic E-state index is 0.0434. The molecule has 1 saturated carbocycles. The second-order valence-electron chi connectivity index (χ2n) is 7.17. The molecule has 0 atom stereocenters. The van der Waals surface area contributed by atoms with Crippen LogP contribution in [-0.2, 0) is 16.8 Å². The fraction of sp³-hybridized carbons (Fsp3) is 0.174. The first kappa shape index (κ1) is 19.3. The summed E-state index contributed by atoms with van der Waals surface area (Å²) in [7, 11) is 0. The average molecular weight is 450 g/mol. The molecule has 4 rings (SSSR count). The lowest BCUT2D eigenvalue weighted by molar-refractivity contribution is -0.123. The molecule has 0 spiro atoms. The zero-order chi connectivity index (χ0) is 20.3. The van der Waals surface area contributed by atoms with Crippen molar-refractivity contribution in [2.24, 2.45) is 0 Å². The van der Waals surface area contributed by atoms with E-state index in [2.05, 4.69) is 31.5 Å². The van der Waals surface area contributed by atoms with Gasteiger partial charge in [-0.25, -0.2) is 0 Å². The van der Waals surface area contributed by atoms with E-state index in [0.717, 1.165) is 28.4 Å². The van der Waals surface area contributed by atoms with Gasteiger partial charge in [-0.1, -0.05) is 40.2 Å². The molecular formula is C23H20BrN3O2. The van der Waals surface area contributed by atoms with Crippen LogP contribution in [0, 0.1) is 0 Å². The van der Waals surface area contributed by atoms with Crippen molar-refractivity contribution in [1.82, 2.24) is 10.3 Å². The minimum Gasteiger partial charge on any atom is -0.351 e. The van der Waals surface area contributed by atoms with E-state index in [9.17, 15) is 9.59 Å². The number of benzene rings is 2. The van der Waals surface area contributed by atoms with Crippen LogP contribution in [0.4, 0.5) is 5.69 Å². The maximum absolute atomic E-state index is 12.9. The second-order valence-corrected chi connectivity index (χ2v) is 8.08. The Morgan fingerprint density at radius 1 is 1.00 bits per heavy atom. The summed E-state index contributed by atoms with van der Waals surface area (Å²) in [6.07, 6.45) is 4.88. The summed E-state index contributed by atoms with van der Waals surface area (Å²) in [5.74, 6) is -0.151. The number of carbonyl (C=O) groups is 2. The van der Waals surface area contributed by atoms with Gasteiger partial charge in [0.25, 0.3) is 5.91 Å². The number of amides is 2. The van der Waals surface area contributed by atoms with Crippen LogP contribution in [0.5, 0.6) is 0 Å². The van der Waals surface area contributed by atoms with Crippen molar-refractivity contribution in [3.05, 3.63) is 94.2 Å². The quantitative estimate of drug-likeness (QED) is 0.583. The number of rotatable bonds is 6. The Kier molecular flexibility index (Phi) is 5.45. The SMILES string of the molecule is O=C(Nc1cccc(CNC(=O)C2(c3cccc(Br)c3)CC2)c1)c1ccncc1. The van der Waals surface area contributed by atoms with Crippen molar-refractivity contribution in [2.45, 2.75) is 24.8 Å². The van der Waals surface area contributed by atoms with E-state index >= 15 is 0 Å². The number of hydrogen-bond acceptors (Lipinski definition) is 3. The number of anilines is 1. The van der Waals surface area contributed by atoms with E-state index in [1.165, 1.54) is 0 Å². The lowest BCUT2D eigenvalue weighted by Crippen LogP contribution is -2.34. The molecule has 0 radical (unpaired) electrons. The molecule has 3 aromatic rings. The molecule has 0 bridgehead atoms. The van der Waals surface area contributed by atoms with Crippen molar-refractivity contribution in [3.63, 3.8) is 0 Å². The maximum Gasteiger partial charge on any atom is 0.255 e. The third kappa shape index (κ3) is 4.38. The first-order valence-electron chi connectivity index (χ1n) is 9.41. The molecule has 1 aliphatic rings. The van der Waals surface area contributed by atoms with E-state index in [4.69, 9.17) is 0 Å². The fourth-order valence-electron chi connectivity index (χ4n) is 3.38. The van der Waals surface area contributed by atoms with Crippen LogP contribution in [0.15, 0.2) is 77.5 Å². The van der Waals surface area contributed by atoms with E-state index in [1.807, 2.05) is 48.5 Å². The van der Waals surface area contributed by atoms with Gasteiger partial charge in [0.15, 0.2) is 0 Å². The summed E-state index contributed by atoms with van der Waals surface area (Å²) < 4.78 is 0.978. The van der Waals surface area contributed by atoms with E-state index < -0.39 is 5.41 Å². The van der Waals surface area contributed by atoms with E-state index in [0.29, 0.717) is 17.8 Å². The van der Waals surface area contributed by atoms with Gasteiger partial charge in [0.2, 0.25) is 5.91 Å². The molecule has 6 heteroatoms. The van der Waals surface area contributed by atoms with Crippen molar-refractivity contribution in [2.75, 3.05) is 5.32 Å². The van der Waals surface area contributed by atoms with Gasteiger partial charge >= 0.3 is 0 Å². The number of nitrogens with one attached hydrogen (secondary N) is 2. The number of aromatic nitrogens is 1. The average Bonchev–Trinajstić information content (AvgIpc) is 3.55. The van der Waals surface area contributed by atoms with Crippen LogP contribution < -0.4 is 10.6 Å². The van der Waals surface area contributed by atoms with Gasteiger partial charge in [-0.05, 0) is 60.4 Å². The van der Waals surface area contributed by atoms with Crippen molar-refractivity contribution in [3.8, 4) is 0 Å². The molecule has 1 fully saturated rings. The Bertz CT molecular complexity index is 1050. The lowest BCUT2D eigenvalue weighted by atomic mass is 9.95. The molecule has 1 aromatic heterocycles. The number of carbonyl (C=O) groups excluding carboxylic acids is 2. The zero-order valence-corrected chi connectivity index (χ0v) is 17.3. The van der Waals surface area contributed by atoms with Gasteiger partial charge in [-0.2, -0.15) is 0 Å². The summed E-state index contributed by atoms with van der Waals surface area (Å²) in [6, 6.07) is 18.8. The monoisotopic (exact) mass is 449 g/mol. The van der Waals surface area contributed by atoms with Crippen molar-refractivity contribution < 1.29 is 9.59 Å². The normalized spacial score (nSPS) is 14.1. The van der Waals surface area contributed by atoms with Gasteiger partial charge in [0, 0.05) is 34.7 Å². The van der Waals surface area contributed by atoms with Crippen LogP contribution in [0.25, 0.3) is 0 Å². The highest BCUT2D eigenvalue weighted by Gasteiger charge is 2.51. The summed E-state index contributed by atoms with van der Waals surface area (Å²) >= 11 is 3.48. The third-order valence-electron chi connectivity index (χ3n) is 5.14. The first-order valence-corrected chi connectivity index (χ1v) is 10.2. The van der Waals surface area contributed by atoms with Crippen LogP contribution in [0.1, 0.15) is 34.3 Å². The highest BCUT2D eigenvalue weighted by molar-refractivity contribution is 9.10. The second kappa shape index (κ2) is 8.17. The predicted octanol–water partition coefficient (Wildman–Crippen LogP) is 4.44. The zero-order valence-electron chi connectivity index (χ0n) is 15.7. The van der Waals surface area contributed by atoms with E-state index in [-0.39, 0.29) is 11.8 Å². The van der Waals surface area contributed by atoms with Gasteiger partial charge in [-0.15, -0.1) is 0 Å². The Labute approximate surface area is 177 Å². The fourth-order valence-corrected chi connectivity index (χ4v) is 3.77. The highest BCUT2D eigenvalue weighted by atomic mass is 79.9. The summed E-state index contributed by atoms with van der Waals surface area (Å²) in [5, 5.41) is 5.93. The van der Waals surface area contributed by atoms with Crippen LogP contribution in [0.3, 0.4) is 0 Å². The van der Waals surface area contributed by atoms with Gasteiger partial charge in [0.1, 0.15) is 0 Å². The van der Waals surface area contributed by atoms with Gasteiger partial charge in [0.05, 0.1) is 5.41 Å². The number of nitrogens with zero attached hydrogens (tertiary/aromatic N) is 1. The molecule has 1 aliphatic carbocycles. The lowest BCUT2D eigenvalue weighted by Gasteiger charge is -2.16. The molecular weight excluding hydrogens is 430 g/mol. The molecule has 146 valence electrons. The predicted molar refractivity (Wildman–Crippen MR) is 116 cm³/mol. The van der Waals surface area contributed by atoms with E-state index in [1.54, 1.807) is 24.5 Å². The first-order chi connectivity index (χ1) is 14.1. The molecule has 2 aromatic carbocycles. The Morgan fingerprint density at radius 2 is 1.76 bits per heavy atom. The largest absolute Gasteiger partial charge is 0.351 e. The maximum atomic E-state index is 12.9. The Hall–Kier alpha value is -2.99. The van der Waals surface area contributed by atoms with Crippen molar-refractivity contribution >= 4 is 33.4 Å². The molecule has 1 heterocycles. The highest BCUT2D eigenvalue weighted by Crippen LogP contribution is 2.48. The number of pyridine rings is 1. The topological polar surface area (TPSA) is 71.1 Å². The molecule has 0 unspecified atom stereocenters. The standard InChI is InChI=1S/C23H20BrN3O2/c24-19-5-2-4-18(14-19)23(9-10-23)22(29)26-15-16-3-1-6-20(13-16)27-21(28)17-7-11-25-12-8-17/h1-8,11-14H,9-10,15H2,(H,26,29)(H,27,28). The minimum atomic E-state index is -0.420. The van der Waals surface area contributed by atoms with Crippen molar-refractivity contribution in [1.29, 1.82) is 0 Å².